The van der Waals surface area contributed by atoms with Gasteiger partial charge in [-0.2, -0.15) is 13.2 Å². The largest absolute Gasteiger partial charge is 0.497 e. The number of methoxy groups -OCH3 is 2. The van der Waals surface area contributed by atoms with Crippen LogP contribution in [0.1, 0.15) is 57.2 Å². The number of hydrogen-bond donors (Lipinski definition) is 1. The minimum atomic E-state index is -4.94. The van der Waals surface area contributed by atoms with Gasteiger partial charge in [-0.1, -0.05) is 54.6 Å². The minimum absolute atomic E-state index is 0.140. The molecular formula is C36H48F3N2O6P. The molecule has 3 aromatic rings. The van der Waals surface area contributed by atoms with E-state index >= 15 is 0 Å². The molecule has 3 aromatic carbocycles. The van der Waals surface area contributed by atoms with Crippen molar-refractivity contribution in [2.45, 2.75) is 64.4 Å². The summed E-state index contributed by atoms with van der Waals surface area (Å²) in [7, 11) is 3.39. The fourth-order valence-electron chi connectivity index (χ4n) is 5.58. The van der Waals surface area contributed by atoms with Gasteiger partial charge in [0.15, 0.2) is 0 Å². The number of rotatable bonds is 19. The summed E-state index contributed by atoms with van der Waals surface area (Å²) >= 11 is 0. The molecule has 0 fully saturated rings. The topological polar surface area (TPSA) is 78.5 Å². The SMILES string of the molecule is COc1ccc(C(OCC(CCCNC(=O)C(F)(F)F)COP(OC)N(C(C)C)C(C)C)(c2ccccc2)c2ccc(OC)cc2)cc1. The van der Waals surface area contributed by atoms with Gasteiger partial charge in [-0.15, -0.1) is 0 Å². The van der Waals surface area contributed by atoms with Crippen LogP contribution in [-0.2, 0) is 24.2 Å². The molecule has 0 saturated carbocycles. The summed E-state index contributed by atoms with van der Waals surface area (Å²) in [6.45, 7) is 8.53. The number of hydrogen-bond acceptors (Lipinski definition) is 7. The third-order valence-corrected chi connectivity index (χ3v) is 9.85. The first-order valence-electron chi connectivity index (χ1n) is 16.0. The van der Waals surface area contributed by atoms with E-state index in [1.165, 1.54) is 0 Å². The van der Waals surface area contributed by atoms with Gasteiger partial charge in [0.05, 0.1) is 27.4 Å². The monoisotopic (exact) mass is 692 g/mol. The summed E-state index contributed by atoms with van der Waals surface area (Å²) < 4.78 is 70.8. The summed E-state index contributed by atoms with van der Waals surface area (Å²) in [5, 5.41) is 1.98. The molecule has 0 radical (unpaired) electrons. The van der Waals surface area contributed by atoms with Gasteiger partial charge in [-0.05, 0) is 81.5 Å². The van der Waals surface area contributed by atoms with Crippen LogP contribution in [0.25, 0.3) is 0 Å². The molecule has 0 aliphatic heterocycles. The van der Waals surface area contributed by atoms with E-state index in [0.29, 0.717) is 17.9 Å². The second kappa shape index (κ2) is 18.5. The molecule has 12 heteroatoms. The summed E-state index contributed by atoms with van der Waals surface area (Å²) in [4.78, 5) is 11.5. The lowest BCUT2D eigenvalue weighted by Crippen LogP contribution is -2.38. The first-order chi connectivity index (χ1) is 22.9. The summed E-state index contributed by atoms with van der Waals surface area (Å²) in [6.07, 6.45) is -4.24. The van der Waals surface area contributed by atoms with Crippen LogP contribution in [0, 0.1) is 5.92 Å². The number of halogens is 3. The van der Waals surface area contributed by atoms with E-state index in [9.17, 15) is 18.0 Å². The van der Waals surface area contributed by atoms with Crippen LogP contribution in [0.4, 0.5) is 13.2 Å². The second-order valence-electron chi connectivity index (χ2n) is 11.9. The van der Waals surface area contributed by atoms with Crippen molar-refractivity contribution >= 4 is 14.4 Å². The molecule has 2 unspecified atom stereocenters. The predicted molar refractivity (Wildman–Crippen MR) is 182 cm³/mol. The Balaban J connectivity index is 2.02. The van der Waals surface area contributed by atoms with Gasteiger partial charge in [0, 0.05) is 31.7 Å². The average Bonchev–Trinajstić information content (AvgIpc) is 3.08. The Morgan fingerprint density at radius 1 is 0.771 bits per heavy atom. The van der Waals surface area contributed by atoms with Gasteiger partial charge < -0.3 is 28.6 Å². The number of ether oxygens (including phenoxy) is 3. The third-order valence-electron chi connectivity index (χ3n) is 7.86. The highest BCUT2D eigenvalue weighted by atomic mass is 31.2. The summed E-state index contributed by atoms with van der Waals surface area (Å²) in [5.74, 6) is -0.847. The van der Waals surface area contributed by atoms with Gasteiger partial charge in [0.1, 0.15) is 17.1 Å². The molecule has 8 nitrogen and oxygen atoms in total. The Hall–Kier alpha value is -3.21. The maximum atomic E-state index is 12.8. The number of nitrogens with zero attached hydrogens (tertiary/aromatic N) is 1. The van der Waals surface area contributed by atoms with Crippen LogP contribution in [0.5, 0.6) is 11.5 Å². The molecule has 3 rings (SSSR count). The molecule has 0 saturated heterocycles. The predicted octanol–water partition coefficient (Wildman–Crippen LogP) is 8.10. The van der Waals surface area contributed by atoms with Gasteiger partial charge >= 0.3 is 12.1 Å². The van der Waals surface area contributed by atoms with Gasteiger partial charge in [-0.25, -0.2) is 4.67 Å². The zero-order valence-corrected chi connectivity index (χ0v) is 29.6. The van der Waals surface area contributed by atoms with Gasteiger partial charge in [-0.3, -0.25) is 4.79 Å². The molecule has 0 heterocycles. The first kappa shape index (κ1) is 39.2. The quantitative estimate of drug-likeness (QED) is 0.0773. The zero-order chi connectivity index (χ0) is 35.3. The second-order valence-corrected chi connectivity index (χ2v) is 13.4. The van der Waals surface area contributed by atoms with Crippen LogP contribution >= 0.6 is 8.53 Å². The lowest BCUT2D eigenvalue weighted by molar-refractivity contribution is -0.173. The number of benzene rings is 3. The number of alkyl halides is 3. The molecular weight excluding hydrogens is 644 g/mol. The maximum absolute atomic E-state index is 12.8. The molecule has 264 valence electrons. The molecule has 0 bridgehead atoms. The first-order valence-corrected chi connectivity index (χ1v) is 17.1. The summed E-state index contributed by atoms with van der Waals surface area (Å²) in [5.41, 5.74) is 1.49. The average molecular weight is 693 g/mol. The Bertz CT molecular complexity index is 1320. The van der Waals surface area contributed by atoms with Crippen molar-refractivity contribution in [3.8, 4) is 11.5 Å². The third kappa shape index (κ3) is 10.4. The zero-order valence-electron chi connectivity index (χ0n) is 28.8. The van der Waals surface area contributed by atoms with Gasteiger partial charge in [0.2, 0.25) is 0 Å². The normalized spacial score (nSPS) is 13.5. The fourth-order valence-corrected chi connectivity index (χ4v) is 7.10. The van der Waals surface area contributed by atoms with Crippen molar-refractivity contribution in [2.75, 3.05) is 41.1 Å². The van der Waals surface area contributed by atoms with Crippen LogP contribution in [0.3, 0.4) is 0 Å². The van der Waals surface area contributed by atoms with Crippen molar-refractivity contribution in [1.29, 1.82) is 0 Å². The van der Waals surface area contributed by atoms with E-state index in [1.807, 2.05) is 84.2 Å². The van der Waals surface area contributed by atoms with Crippen LogP contribution in [0.2, 0.25) is 0 Å². The van der Waals surface area contributed by atoms with E-state index in [1.54, 1.807) is 21.3 Å². The van der Waals surface area contributed by atoms with E-state index in [2.05, 4.69) is 32.4 Å². The number of carbonyl (C=O) groups is 1. The smallest absolute Gasteiger partial charge is 0.471 e. The van der Waals surface area contributed by atoms with Gasteiger partial charge in [0.25, 0.3) is 8.53 Å². The maximum Gasteiger partial charge on any atom is 0.471 e. The van der Waals surface area contributed by atoms with Crippen molar-refractivity contribution in [3.63, 3.8) is 0 Å². The van der Waals surface area contributed by atoms with Crippen LogP contribution < -0.4 is 14.8 Å². The molecule has 48 heavy (non-hydrogen) atoms. The molecule has 1 N–H and O–H groups in total. The van der Waals surface area contributed by atoms with Crippen molar-refractivity contribution < 1.29 is 41.2 Å². The Kier molecular flexibility index (Phi) is 15.1. The molecule has 0 aliphatic carbocycles. The number of amides is 1. The van der Waals surface area contributed by atoms with E-state index in [4.69, 9.17) is 23.3 Å². The lowest BCUT2D eigenvalue weighted by atomic mass is 9.80. The number of nitrogens with one attached hydrogen (secondary N) is 1. The van der Waals surface area contributed by atoms with Crippen molar-refractivity contribution in [2.24, 2.45) is 5.92 Å². The van der Waals surface area contributed by atoms with Crippen LogP contribution in [0.15, 0.2) is 78.9 Å². The fraction of sp³-hybridized carbons (Fsp3) is 0.472. The molecule has 0 aromatic heterocycles. The highest BCUT2D eigenvalue weighted by Crippen LogP contribution is 2.46. The van der Waals surface area contributed by atoms with E-state index < -0.39 is 26.2 Å². The lowest BCUT2D eigenvalue weighted by Gasteiger charge is -2.38. The van der Waals surface area contributed by atoms with Crippen LogP contribution in [-0.4, -0.2) is 69.9 Å². The minimum Gasteiger partial charge on any atom is -0.497 e. The Labute approximate surface area is 283 Å². The molecule has 2 atom stereocenters. The number of carbonyl (C=O) groups excluding carboxylic acids is 1. The highest BCUT2D eigenvalue weighted by molar-refractivity contribution is 7.44. The molecule has 1 amide bonds. The van der Waals surface area contributed by atoms with E-state index in [0.717, 1.165) is 16.7 Å². The van der Waals surface area contributed by atoms with E-state index in [-0.39, 0.29) is 44.2 Å². The van der Waals surface area contributed by atoms with Crippen molar-refractivity contribution in [1.82, 2.24) is 9.99 Å². The summed E-state index contributed by atoms with van der Waals surface area (Å²) in [6, 6.07) is 25.5. The molecule has 0 spiro atoms. The standard InChI is InChI=1S/C36H48F3N2O6P/c1-26(2)41(27(3)4)48(45-7)47-25-28(12-11-23-40-34(42)36(37,38)39)24-46-35(29-13-9-8-10-14-29,30-15-19-32(43-5)20-16-30)31-17-21-33(44-6)22-18-31/h8-10,13-22,26-28H,11-12,23-25H2,1-7H3,(H,40,42). The molecule has 0 aliphatic rings. The Morgan fingerprint density at radius 2 is 1.27 bits per heavy atom. The Morgan fingerprint density at radius 3 is 1.71 bits per heavy atom. The van der Waals surface area contributed by atoms with Crippen molar-refractivity contribution in [3.05, 3.63) is 95.6 Å². The highest BCUT2D eigenvalue weighted by Gasteiger charge is 2.40.